The Morgan fingerprint density at radius 2 is 2.55 bits per heavy atom. The van der Waals surface area contributed by atoms with E-state index >= 15 is 0 Å². The highest BCUT2D eigenvalue weighted by molar-refractivity contribution is 5.38. The molecule has 1 heterocycles. The summed E-state index contributed by atoms with van der Waals surface area (Å²) in [6.45, 7) is 6.84. The molecule has 3 N–H and O–H groups in total. The molecule has 11 heavy (non-hydrogen) atoms. The van der Waals surface area contributed by atoms with Gasteiger partial charge in [0.2, 0.25) is 0 Å². The summed E-state index contributed by atoms with van der Waals surface area (Å²) in [5.74, 6) is 0. The topological polar surface area (TPSA) is 38.0 Å². The van der Waals surface area contributed by atoms with Crippen LogP contribution in [0.1, 0.15) is 13.3 Å². The van der Waals surface area contributed by atoms with Crippen LogP contribution in [0, 0.1) is 0 Å². The molecule has 2 heteroatoms. The van der Waals surface area contributed by atoms with Gasteiger partial charge in [-0.1, -0.05) is 19.6 Å². The molecule has 0 amide bonds. The third kappa shape index (κ3) is 1.64. The molecule has 0 bridgehead atoms. The number of rotatable bonds is 2. The molecule has 60 valence electrons. The molecule has 0 spiro atoms. The molecule has 0 aromatic rings. The van der Waals surface area contributed by atoms with E-state index in [0.717, 1.165) is 29.9 Å². The Hall–Kier alpha value is -1.18. The molecule has 1 rings (SSSR count). The predicted molar refractivity (Wildman–Crippen MR) is 47.8 cm³/mol. The van der Waals surface area contributed by atoms with E-state index in [1.54, 1.807) is 0 Å². The summed E-state index contributed by atoms with van der Waals surface area (Å²) in [6, 6.07) is 0. The fourth-order valence-electron chi connectivity index (χ4n) is 1.04. The summed E-state index contributed by atoms with van der Waals surface area (Å²) in [5.41, 5.74) is 8.60. The first-order valence-electron chi connectivity index (χ1n) is 3.84. The fraction of sp³-hybridized carbons (Fsp3) is 0.333. The van der Waals surface area contributed by atoms with Crippen LogP contribution in [0.15, 0.2) is 35.7 Å². The van der Waals surface area contributed by atoms with Gasteiger partial charge in [-0.05, 0) is 18.1 Å². The van der Waals surface area contributed by atoms with E-state index in [1.165, 1.54) is 0 Å². The molecule has 2 nitrogen and oxygen atoms in total. The van der Waals surface area contributed by atoms with Crippen molar-refractivity contribution in [1.29, 1.82) is 0 Å². The van der Waals surface area contributed by atoms with Gasteiger partial charge in [-0.25, -0.2) is 0 Å². The standard InChI is InChI=1S/C9H14N2/c1-3-7(2)9-8(10)5-4-6-11-9/h4-5,11H,2-3,6,10H2,1H3. The van der Waals surface area contributed by atoms with Crippen molar-refractivity contribution in [2.45, 2.75) is 13.3 Å². The van der Waals surface area contributed by atoms with E-state index in [0.29, 0.717) is 0 Å². The molecule has 0 aliphatic carbocycles. The van der Waals surface area contributed by atoms with E-state index in [1.807, 2.05) is 12.2 Å². The van der Waals surface area contributed by atoms with Crippen LogP contribution >= 0.6 is 0 Å². The predicted octanol–water partition coefficient (Wildman–Crippen LogP) is 1.28. The number of hydrogen-bond donors (Lipinski definition) is 2. The second kappa shape index (κ2) is 3.28. The second-order valence-corrected chi connectivity index (χ2v) is 2.57. The van der Waals surface area contributed by atoms with Gasteiger partial charge < -0.3 is 11.1 Å². The Morgan fingerprint density at radius 3 is 3.09 bits per heavy atom. The van der Waals surface area contributed by atoms with Gasteiger partial charge in [0.1, 0.15) is 0 Å². The van der Waals surface area contributed by atoms with Crippen LogP contribution in [0.4, 0.5) is 0 Å². The Bertz CT molecular complexity index is 224. The van der Waals surface area contributed by atoms with Gasteiger partial charge in [0.05, 0.1) is 11.4 Å². The average molecular weight is 150 g/mol. The average Bonchev–Trinajstić information content (AvgIpc) is 2.04. The monoisotopic (exact) mass is 150 g/mol. The van der Waals surface area contributed by atoms with Crippen LogP contribution in [0.5, 0.6) is 0 Å². The molecular weight excluding hydrogens is 136 g/mol. The Morgan fingerprint density at radius 1 is 1.82 bits per heavy atom. The van der Waals surface area contributed by atoms with E-state index < -0.39 is 0 Å². The van der Waals surface area contributed by atoms with E-state index in [9.17, 15) is 0 Å². The minimum atomic E-state index is 0.795. The van der Waals surface area contributed by atoms with E-state index in [-0.39, 0.29) is 0 Å². The fourth-order valence-corrected chi connectivity index (χ4v) is 1.04. The molecule has 0 aromatic carbocycles. The van der Waals surface area contributed by atoms with Crippen molar-refractivity contribution in [2.24, 2.45) is 5.73 Å². The summed E-state index contributed by atoms with van der Waals surface area (Å²) >= 11 is 0. The molecule has 1 aliphatic rings. The van der Waals surface area contributed by atoms with Crippen molar-refractivity contribution in [3.8, 4) is 0 Å². The molecule has 0 unspecified atom stereocenters. The lowest BCUT2D eigenvalue weighted by molar-refractivity contribution is 0.858. The Kier molecular flexibility index (Phi) is 2.36. The summed E-state index contributed by atoms with van der Waals surface area (Å²) < 4.78 is 0. The van der Waals surface area contributed by atoms with E-state index in [4.69, 9.17) is 5.73 Å². The first kappa shape index (κ1) is 7.92. The van der Waals surface area contributed by atoms with Gasteiger partial charge in [-0.2, -0.15) is 0 Å². The second-order valence-electron chi connectivity index (χ2n) is 2.57. The Labute approximate surface area is 67.5 Å². The molecular formula is C9H14N2. The van der Waals surface area contributed by atoms with Crippen LogP contribution in [0.2, 0.25) is 0 Å². The van der Waals surface area contributed by atoms with Gasteiger partial charge >= 0.3 is 0 Å². The van der Waals surface area contributed by atoms with Crippen molar-refractivity contribution in [1.82, 2.24) is 5.32 Å². The molecule has 1 aliphatic heterocycles. The summed E-state index contributed by atoms with van der Waals surface area (Å²) in [5, 5.41) is 3.19. The van der Waals surface area contributed by atoms with Crippen molar-refractivity contribution < 1.29 is 0 Å². The molecule has 0 saturated heterocycles. The van der Waals surface area contributed by atoms with E-state index in [2.05, 4.69) is 18.8 Å². The van der Waals surface area contributed by atoms with Gasteiger partial charge in [0.25, 0.3) is 0 Å². The molecule has 0 aromatic heterocycles. The maximum Gasteiger partial charge on any atom is 0.0602 e. The first-order chi connectivity index (χ1) is 5.25. The number of hydrogen-bond acceptors (Lipinski definition) is 2. The van der Waals surface area contributed by atoms with Crippen LogP contribution in [0.3, 0.4) is 0 Å². The normalized spacial score (nSPS) is 16.5. The third-order valence-corrected chi connectivity index (χ3v) is 1.76. The lowest BCUT2D eigenvalue weighted by atomic mass is 10.1. The van der Waals surface area contributed by atoms with Crippen molar-refractivity contribution in [2.75, 3.05) is 6.54 Å². The van der Waals surface area contributed by atoms with Gasteiger partial charge in [-0.3, -0.25) is 0 Å². The van der Waals surface area contributed by atoms with Crippen LogP contribution in [-0.4, -0.2) is 6.54 Å². The zero-order valence-electron chi connectivity index (χ0n) is 6.85. The van der Waals surface area contributed by atoms with Crippen LogP contribution in [-0.2, 0) is 0 Å². The molecule has 0 radical (unpaired) electrons. The maximum atomic E-state index is 5.72. The van der Waals surface area contributed by atoms with Gasteiger partial charge in [0, 0.05) is 6.54 Å². The number of nitrogens with two attached hydrogens (primary N) is 1. The van der Waals surface area contributed by atoms with Crippen molar-refractivity contribution in [3.05, 3.63) is 35.7 Å². The smallest absolute Gasteiger partial charge is 0.0602 e. The zero-order valence-corrected chi connectivity index (χ0v) is 6.85. The molecule has 0 atom stereocenters. The van der Waals surface area contributed by atoms with Crippen LogP contribution in [0.25, 0.3) is 0 Å². The SMILES string of the molecule is C=C(CC)C1=C(N)C=CCN1. The van der Waals surface area contributed by atoms with Crippen molar-refractivity contribution in [3.63, 3.8) is 0 Å². The third-order valence-electron chi connectivity index (χ3n) is 1.76. The lowest BCUT2D eigenvalue weighted by Crippen LogP contribution is -2.22. The molecule has 0 fully saturated rings. The van der Waals surface area contributed by atoms with Crippen LogP contribution < -0.4 is 11.1 Å². The number of nitrogens with one attached hydrogen (secondary N) is 1. The Balaban J connectivity index is 2.83. The minimum absolute atomic E-state index is 0.795. The maximum absolute atomic E-state index is 5.72. The summed E-state index contributed by atoms with van der Waals surface area (Å²) in [6.07, 6.45) is 4.87. The number of dihydropyridines is 1. The summed E-state index contributed by atoms with van der Waals surface area (Å²) in [4.78, 5) is 0. The lowest BCUT2D eigenvalue weighted by Gasteiger charge is -2.16. The number of allylic oxidation sites excluding steroid dienone is 2. The van der Waals surface area contributed by atoms with Gasteiger partial charge in [-0.15, -0.1) is 0 Å². The summed E-state index contributed by atoms with van der Waals surface area (Å²) in [7, 11) is 0. The highest BCUT2D eigenvalue weighted by Crippen LogP contribution is 2.13. The molecule has 0 saturated carbocycles. The highest BCUT2D eigenvalue weighted by atomic mass is 14.9. The highest BCUT2D eigenvalue weighted by Gasteiger charge is 2.05. The minimum Gasteiger partial charge on any atom is -0.397 e. The zero-order chi connectivity index (χ0) is 8.27. The first-order valence-corrected chi connectivity index (χ1v) is 3.84. The van der Waals surface area contributed by atoms with Crippen molar-refractivity contribution >= 4 is 0 Å². The van der Waals surface area contributed by atoms with Gasteiger partial charge in [0.15, 0.2) is 0 Å². The largest absolute Gasteiger partial charge is 0.397 e. The quantitative estimate of drug-likeness (QED) is 0.622.